The minimum absolute atomic E-state index is 0.0562. The van der Waals surface area contributed by atoms with E-state index in [1.807, 2.05) is 19.2 Å². The van der Waals surface area contributed by atoms with E-state index in [1.54, 1.807) is 12.4 Å². The molecular weight excluding hydrogens is 228 g/mol. The fraction of sp³-hybridized carbons (Fsp3) is 0.643. The van der Waals surface area contributed by atoms with Crippen molar-refractivity contribution < 1.29 is 9.47 Å². The molecule has 0 saturated carbocycles. The molecule has 0 aromatic carbocycles. The van der Waals surface area contributed by atoms with Crippen LogP contribution in [0.5, 0.6) is 0 Å². The number of pyridine rings is 1. The summed E-state index contributed by atoms with van der Waals surface area (Å²) >= 11 is 0. The maximum Gasteiger partial charge on any atom is 0.186 e. The number of rotatable bonds is 4. The fourth-order valence-corrected chi connectivity index (χ4v) is 2.25. The van der Waals surface area contributed by atoms with Gasteiger partial charge in [-0.05, 0) is 31.5 Å². The smallest absolute Gasteiger partial charge is 0.186 e. The van der Waals surface area contributed by atoms with Crippen molar-refractivity contribution >= 4 is 0 Å². The third-order valence-electron chi connectivity index (χ3n) is 3.12. The summed E-state index contributed by atoms with van der Waals surface area (Å²) in [5.74, 6) is 0.628. The summed E-state index contributed by atoms with van der Waals surface area (Å²) in [5, 5.41) is 3.19. The first kappa shape index (κ1) is 13.5. The Morgan fingerprint density at radius 2 is 2.06 bits per heavy atom. The highest BCUT2D eigenvalue weighted by Gasteiger charge is 2.30. The van der Waals surface area contributed by atoms with E-state index < -0.39 is 0 Å². The molecule has 1 aliphatic rings. The van der Waals surface area contributed by atoms with Gasteiger partial charge in [0.1, 0.15) is 6.23 Å². The van der Waals surface area contributed by atoms with E-state index in [9.17, 15) is 0 Å². The lowest BCUT2D eigenvalue weighted by Gasteiger charge is -2.36. The van der Waals surface area contributed by atoms with Gasteiger partial charge in [-0.25, -0.2) is 0 Å². The SMILES string of the molecule is CNC1CC(CC(C)C)OC(c2ccncc2)O1. The van der Waals surface area contributed by atoms with Crippen molar-refractivity contribution in [3.63, 3.8) is 0 Å². The van der Waals surface area contributed by atoms with E-state index in [0.717, 1.165) is 18.4 Å². The van der Waals surface area contributed by atoms with Gasteiger partial charge < -0.3 is 9.47 Å². The molecule has 1 saturated heterocycles. The number of nitrogens with zero attached hydrogens (tertiary/aromatic N) is 1. The third kappa shape index (κ3) is 3.51. The number of hydrogen-bond acceptors (Lipinski definition) is 4. The molecule has 1 aromatic heterocycles. The Labute approximate surface area is 109 Å². The second-order valence-electron chi connectivity index (χ2n) is 5.15. The molecule has 3 atom stereocenters. The first-order valence-corrected chi connectivity index (χ1v) is 6.57. The second kappa shape index (κ2) is 6.27. The van der Waals surface area contributed by atoms with Gasteiger partial charge in [0, 0.05) is 24.4 Å². The first-order valence-electron chi connectivity index (χ1n) is 6.57. The van der Waals surface area contributed by atoms with Crippen LogP contribution in [-0.2, 0) is 9.47 Å². The molecule has 0 amide bonds. The van der Waals surface area contributed by atoms with Crippen molar-refractivity contribution in [1.82, 2.24) is 10.3 Å². The molecule has 18 heavy (non-hydrogen) atoms. The van der Waals surface area contributed by atoms with Crippen LogP contribution in [0.25, 0.3) is 0 Å². The maximum absolute atomic E-state index is 6.03. The third-order valence-corrected chi connectivity index (χ3v) is 3.12. The Morgan fingerprint density at radius 3 is 2.67 bits per heavy atom. The van der Waals surface area contributed by atoms with Crippen molar-refractivity contribution in [2.45, 2.75) is 45.3 Å². The van der Waals surface area contributed by atoms with E-state index in [0.29, 0.717) is 5.92 Å². The molecule has 0 aliphatic carbocycles. The zero-order valence-corrected chi connectivity index (χ0v) is 11.3. The van der Waals surface area contributed by atoms with Crippen molar-refractivity contribution in [3.05, 3.63) is 30.1 Å². The van der Waals surface area contributed by atoms with Crippen LogP contribution in [0.1, 0.15) is 38.5 Å². The average molecular weight is 250 g/mol. The van der Waals surface area contributed by atoms with Gasteiger partial charge in [-0.2, -0.15) is 0 Å². The average Bonchev–Trinajstić information content (AvgIpc) is 2.38. The topological polar surface area (TPSA) is 43.4 Å². The van der Waals surface area contributed by atoms with Gasteiger partial charge >= 0.3 is 0 Å². The Bertz CT molecular complexity index is 356. The first-order chi connectivity index (χ1) is 8.69. The predicted octanol–water partition coefficient (Wildman–Crippen LogP) is 2.48. The van der Waals surface area contributed by atoms with Gasteiger partial charge in [0.05, 0.1) is 6.10 Å². The predicted molar refractivity (Wildman–Crippen MR) is 69.9 cm³/mol. The molecule has 0 spiro atoms. The van der Waals surface area contributed by atoms with Crippen LogP contribution in [0.2, 0.25) is 0 Å². The quantitative estimate of drug-likeness (QED) is 0.891. The highest BCUT2D eigenvalue weighted by molar-refractivity contribution is 5.11. The molecule has 2 rings (SSSR count). The summed E-state index contributed by atoms with van der Waals surface area (Å²) in [6.07, 6.45) is 5.50. The Kier molecular flexibility index (Phi) is 4.69. The zero-order chi connectivity index (χ0) is 13.0. The molecule has 100 valence electrons. The summed E-state index contributed by atoms with van der Waals surface area (Å²) in [6, 6.07) is 3.88. The summed E-state index contributed by atoms with van der Waals surface area (Å²) in [4.78, 5) is 4.02. The van der Waals surface area contributed by atoms with Crippen LogP contribution in [0.4, 0.5) is 0 Å². The number of aromatic nitrogens is 1. The molecule has 4 heteroatoms. The summed E-state index contributed by atoms with van der Waals surface area (Å²) in [7, 11) is 1.92. The van der Waals surface area contributed by atoms with Gasteiger partial charge in [-0.1, -0.05) is 13.8 Å². The number of hydrogen-bond donors (Lipinski definition) is 1. The monoisotopic (exact) mass is 250 g/mol. The van der Waals surface area contributed by atoms with E-state index >= 15 is 0 Å². The molecule has 1 N–H and O–H groups in total. The van der Waals surface area contributed by atoms with E-state index in [4.69, 9.17) is 9.47 Å². The highest BCUT2D eigenvalue weighted by atomic mass is 16.7. The molecule has 1 fully saturated rings. The van der Waals surface area contributed by atoms with Gasteiger partial charge in [0.25, 0.3) is 0 Å². The maximum atomic E-state index is 6.03. The van der Waals surface area contributed by atoms with Crippen LogP contribution in [-0.4, -0.2) is 24.4 Å². The molecule has 0 radical (unpaired) electrons. The normalized spacial score (nSPS) is 28.6. The fourth-order valence-electron chi connectivity index (χ4n) is 2.25. The van der Waals surface area contributed by atoms with Crippen molar-refractivity contribution in [2.24, 2.45) is 5.92 Å². The summed E-state index contributed by atoms with van der Waals surface area (Å²) in [6.45, 7) is 4.43. The Balaban J connectivity index is 2.06. The molecular formula is C14H22N2O2. The van der Waals surface area contributed by atoms with Gasteiger partial charge in [-0.3, -0.25) is 10.3 Å². The molecule has 1 aromatic rings. The van der Waals surface area contributed by atoms with Crippen molar-refractivity contribution in [3.8, 4) is 0 Å². The number of ether oxygens (including phenoxy) is 2. The summed E-state index contributed by atoms with van der Waals surface area (Å²) < 4.78 is 11.9. The number of nitrogens with one attached hydrogen (secondary N) is 1. The van der Waals surface area contributed by atoms with Crippen LogP contribution in [0.3, 0.4) is 0 Å². The van der Waals surface area contributed by atoms with Crippen molar-refractivity contribution in [1.29, 1.82) is 0 Å². The van der Waals surface area contributed by atoms with Gasteiger partial charge in [0.15, 0.2) is 6.29 Å². The molecule has 4 nitrogen and oxygen atoms in total. The standard InChI is InChI=1S/C14H22N2O2/c1-10(2)8-12-9-13(15-3)18-14(17-12)11-4-6-16-7-5-11/h4-7,10,12-15H,8-9H2,1-3H3. The minimum atomic E-state index is -0.289. The van der Waals surface area contributed by atoms with Crippen LogP contribution < -0.4 is 5.32 Å². The molecule has 2 heterocycles. The molecule has 3 unspecified atom stereocenters. The van der Waals surface area contributed by atoms with E-state index in [1.165, 1.54) is 0 Å². The lowest BCUT2D eigenvalue weighted by atomic mass is 10.0. The summed E-state index contributed by atoms with van der Waals surface area (Å²) in [5.41, 5.74) is 1.03. The van der Waals surface area contributed by atoms with E-state index in [-0.39, 0.29) is 18.6 Å². The zero-order valence-electron chi connectivity index (χ0n) is 11.3. The van der Waals surface area contributed by atoms with Crippen LogP contribution in [0, 0.1) is 5.92 Å². The van der Waals surface area contributed by atoms with Gasteiger partial charge in [0.2, 0.25) is 0 Å². The molecule has 1 aliphatic heterocycles. The minimum Gasteiger partial charge on any atom is -0.345 e. The Hall–Kier alpha value is -0.970. The second-order valence-corrected chi connectivity index (χ2v) is 5.15. The van der Waals surface area contributed by atoms with Crippen LogP contribution >= 0.6 is 0 Å². The lowest BCUT2D eigenvalue weighted by molar-refractivity contribution is -0.255. The van der Waals surface area contributed by atoms with Crippen LogP contribution in [0.15, 0.2) is 24.5 Å². The highest BCUT2D eigenvalue weighted by Crippen LogP contribution is 2.31. The largest absolute Gasteiger partial charge is 0.345 e. The van der Waals surface area contributed by atoms with Gasteiger partial charge in [-0.15, -0.1) is 0 Å². The lowest BCUT2D eigenvalue weighted by Crippen LogP contribution is -2.41. The Morgan fingerprint density at radius 1 is 1.33 bits per heavy atom. The van der Waals surface area contributed by atoms with E-state index in [2.05, 4.69) is 24.1 Å². The van der Waals surface area contributed by atoms with Crippen molar-refractivity contribution in [2.75, 3.05) is 7.05 Å². The molecule has 0 bridgehead atoms.